The topological polar surface area (TPSA) is 91.7 Å². The van der Waals surface area contributed by atoms with Gasteiger partial charge in [0.25, 0.3) is 10.1 Å². The minimum atomic E-state index is -5.18. The molecule has 1 aromatic carbocycles. The summed E-state index contributed by atoms with van der Waals surface area (Å²) < 4.78 is 72.6. The molecule has 0 bridgehead atoms. The lowest BCUT2D eigenvalue weighted by Crippen LogP contribution is -2.48. The molecule has 0 aliphatic heterocycles. The molecular weight excluding hydrogens is 361 g/mol. The van der Waals surface area contributed by atoms with E-state index in [1.54, 1.807) is 37.3 Å². The average Bonchev–Trinajstić information content (AvgIpc) is 2.49. The predicted molar refractivity (Wildman–Crippen MR) is 85.8 cm³/mol. The second kappa shape index (κ2) is 7.74. The third kappa shape index (κ3) is 4.94. The number of aliphatic carboxylic acids is 1. The maximum Gasteiger partial charge on any atom is 0.404 e. The summed E-state index contributed by atoms with van der Waals surface area (Å²) in [6, 6.07) is 8.15. The van der Waals surface area contributed by atoms with Gasteiger partial charge in [0.1, 0.15) is 0 Å². The molecule has 142 valence electrons. The first-order chi connectivity index (χ1) is 11.3. The van der Waals surface area contributed by atoms with Gasteiger partial charge in [-0.1, -0.05) is 37.3 Å². The number of hydrogen-bond acceptors (Lipinski definition) is 3. The third-order valence-corrected chi connectivity index (χ3v) is 5.64. The second-order valence-electron chi connectivity index (χ2n) is 6.13. The van der Waals surface area contributed by atoms with Crippen LogP contribution in [-0.4, -0.2) is 35.5 Å². The summed E-state index contributed by atoms with van der Waals surface area (Å²) in [5, 5.41) is 7.51. The Balaban J connectivity index is 3.37. The number of benzene rings is 1. The number of alkyl halides is 3. The van der Waals surface area contributed by atoms with Crippen molar-refractivity contribution in [3.8, 4) is 0 Å². The van der Waals surface area contributed by atoms with Crippen molar-refractivity contribution in [1.29, 1.82) is 0 Å². The maximum absolute atomic E-state index is 13.7. The Kier molecular flexibility index (Phi) is 6.63. The fourth-order valence-electron chi connectivity index (χ4n) is 2.85. The quantitative estimate of drug-likeness (QED) is 0.666. The Morgan fingerprint density at radius 1 is 1.16 bits per heavy atom. The summed E-state index contributed by atoms with van der Waals surface area (Å²) in [7, 11) is -4.80. The standard InChI is InChI=1S/C16H21F3O5S/c1-3-12(13-7-5-4-6-8-13)10-15(14(20)21,16(17,18)19)9-11(2)25(22,23)24/h4-8,11-12H,3,9-10H2,1-2H3,(H,20,21)(H,22,23,24). The highest BCUT2D eigenvalue weighted by atomic mass is 32.2. The van der Waals surface area contributed by atoms with E-state index >= 15 is 0 Å². The van der Waals surface area contributed by atoms with Crippen LogP contribution in [0.1, 0.15) is 44.6 Å². The smallest absolute Gasteiger partial charge is 0.404 e. The SMILES string of the molecule is CCC(CC(CC(C)S(=O)(=O)O)(C(=O)O)C(F)(F)F)c1ccccc1. The van der Waals surface area contributed by atoms with Crippen molar-refractivity contribution in [1.82, 2.24) is 0 Å². The molecule has 1 aromatic rings. The van der Waals surface area contributed by atoms with Crippen molar-refractivity contribution in [2.75, 3.05) is 0 Å². The normalized spacial score (nSPS) is 17.5. The Morgan fingerprint density at radius 2 is 1.68 bits per heavy atom. The number of carbonyl (C=O) groups is 1. The average molecular weight is 382 g/mol. The molecule has 0 fully saturated rings. The van der Waals surface area contributed by atoms with Gasteiger partial charge < -0.3 is 5.11 Å². The summed E-state index contributed by atoms with van der Waals surface area (Å²) >= 11 is 0. The van der Waals surface area contributed by atoms with Gasteiger partial charge in [-0.3, -0.25) is 9.35 Å². The van der Waals surface area contributed by atoms with E-state index in [0.29, 0.717) is 5.56 Å². The van der Waals surface area contributed by atoms with Gasteiger partial charge in [0, 0.05) is 0 Å². The first-order valence-electron chi connectivity index (χ1n) is 7.66. The van der Waals surface area contributed by atoms with Crippen molar-refractivity contribution < 1.29 is 36.0 Å². The van der Waals surface area contributed by atoms with E-state index in [4.69, 9.17) is 4.55 Å². The van der Waals surface area contributed by atoms with E-state index in [2.05, 4.69) is 0 Å². The molecular formula is C16H21F3O5S. The van der Waals surface area contributed by atoms with Crippen LogP contribution < -0.4 is 0 Å². The highest BCUT2D eigenvalue weighted by Crippen LogP contribution is 2.50. The lowest BCUT2D eigenvalue weighted by molar-refractivity contribution is -0.236. The number of rotatable bonds is 8. The van der Waals surface area contributed by atoms with Crippen molar-refractivity contribution in [2.24, 2.45) is 5.41 Å². The van der Waals surface area contributed by atoms with Crippen molar-refractivity contribution in [2.45, 2.75) is 50.5 Å². The molecule has 0 aliphatic rings. The van der Waals surface area contributed by atoms with Gasteiger partial charge in [-0.2, -0.15) is 21.6 Å². The van der Waals surface area contributed by atoms with E-state index in [1.807, 2.05) is 0 Å². The van der Waals surface area contributed by atoms with Crippen LogP contribution >= 0.6 is 0 Å². The largest absolute Gasteiger partial charge is 0.481 e. The molecule has 25 heavy (non-hydrogen) atoms. The van der Waals surface area contributed by atoms with Crippen LogP contribution in [0.2, 0.25) is 0 Å². The number of hydrogen-bond donors (Lipinski definition) is 2. The van der Waals surface area contributed by atoms with Crippen LogP contribution in [0.3, 0.4) is 0 Å². The molecule has 0 spiro atoms. The van der Waals surface area contributed by atoms with Crippen molar-refractivity contribution in [3.63, 3.8) is 0 Å². The van der Waals surface area contributed by atoms with Crippen LogP contribution in [0.25, 0.3) is 0 Å². The summed E-state index contributed by atoms with van der Waals surface area (Å²) in [5.74, 6) is -2.88. The molecule has 5 nitrogen and oxygen atoms in total. The van der Waals surface area contributed by atoms with Gasteiger partial charge >= 0.3 is 12.1 Å². The van der Waals surface area contributed by atoms with Gasteiger partial charge in [-0.15, -0.1) is 0 Å². The van der Waals surface area contributed by atoms with Crippen LogP contribution in [-0.2, 0) is 14.9 Å². The molecule has 3 unspecified atom stereocenters. The first-order valence-corrected chi connectivity index (χ1v) is 9.17. The number of carboxylic acids is 1. The Bertz CT molecular complexity index is 687. The summed E-state index contributed by atoms with van der Waals surface area (Å²) in [4.78, 5) is 11.6. The molecule has 2 N–H and O–H groups in total. The monoisotopic (exact) mass is 382 g/mol. The Hall–Kier alpha value is -1.61. The molecule has 0 saturated carbocycles. The van der Waals surface area contributed by atoms with Crippen molar-refractivity contribution in [3.05, 3.63) is 35.9 Å². The van der Waals surface area contributed by atoms with Gasteiger partial charge in [0.2, 0.25) is 0 Å². The van der Waals surface area contributed by atoms with E-state index in [-0.39, 0.29) is 6.42 Å². The van der Waals surface area contributed by atoms with Crippen LogP contribution in [0, 0.1) is 5.41 Å². The zero-order chi connectivity index (χ0) is 19.5. The van der Waals surface area contributed by atoms with E-state index in [0.717, 1.165) is 6.92 Å². The van der Waals surface area contributed by atoms with Gasteiger partial charge in [0.05, 0.1) is 5.25 Å². The fraction of sp³-hybridized carbons (Fsp3) is 0.562. The van der Waals surface area contributed by atoms with E-state index < -0.39 is 51.7 Å². The van der Waals surface area contributed by atoms with Gasteiger partial charge in [-0.25, -0.2) is 0 Å². The molecule has 9 heteroatoms. The second-order valence-corrected chi connectivity index (χ2v) is 7.97. The first kappa shape index (κ1) is 21.4. The summed E-state index contributed by atoms with van der Waals surface area (Å²) in [6.07, 6.45) is -7.00. The van der Waals surface area contributed by atoms with Crippen LogP contribution in [0.5, 0.6) is 0 Å². The molecule has 0 radical (unpaired) electrons. The minimum absolute atomic E-state index is 0.245. The molecule has 0 heterocycles. The highest BCUT2D eigenvalue weighted by molar-refractivity contribution is 7.86. The van der Waals surface area contributed by atoms with Gasteiger partial charge in [-0.05, 0) is 37.7 Å². The fourth-order valence-corrected chi connectivity index (χ4v) is 3.35. The van der Waals surface area contributed by atoms with E-state index in [1.165, 1.54) is 0 Å². The minimum Gasteiger partial charge on any atom is -0.481 e. The van der Waals surface area contributed by atoms with Crippen LogP contribution in [0.4, 0.5) is 13.2 Å². The third-order valence-electron chi connectivity index (χ3n) is 4.46. The predicted octanol–water partition coefficient (Wildman–Crippen LogP) is 3.87. The van der Waals surface area contributed by atoms with Gasteiger partial charge in [0.15, 0.2) is 5.41 Å². The van der Waals surface area contributed by atoms with Crippen molar-refractivity contribution >= 4 is 16.1 Å². The summed E-state index contributed by atoms with van der Waals surface area (Å²) in [6.45, 7) is 2.50. The lowest BCUT2D eigenvalue weighted by Gasteiger charge is -2.36. The Labute approximate surface area is 144 Å². The highest BCUT2D eigenvalue weighted by Gasteiger charge is 2.62. The van der Waals surface area contributed by atoms with E-state index in [9.17, 15) is 31.5 Å². The molecule has 0 amide bonds. The summed E-state index contributed by atoms with van der Waals surface area (Å²) in [5.41, 5.74) is -2.74. The number of halogens is 3. The molecule has 3 atom stereocenters. The number of carboxylic acid groups (broad SMARTS) is 1. The zero-order valence-corrected chi connectivity index (χ0v) is 14.6. The molecule has 0 aromatic heterocycles. The molecule has 0 aliphatic carbocycles. The molecule has 1 rings (SSSR count). The Morgan fingerprint density at radius 3 is 2.04 bits per heavy atom. The molecule has 0 saturated heterocycles. The maximum atomic E-state index is 13.7. The van der Waals surface area contributed by atoms with Crippen LogP contribution in [0.15, 0.2) is 30.3 Å². The zero-order valence-electron chi connectivity index (χ0n) is 13.8. The lowest BCUT2D eigenvalue weighted by atomic mass is 9.72.